The third-order valence-electron chi connectivity index (χ3n) is 5.47. The van der Waals surface area contributed by atoms with E-state index in [-0.39, 0.29) is 17.9 Å². The number of rotatable bonds is 5. The normalized spacial score (nSPS) is 24.8. The highest BCUT2D eigenvalue weighted by atomic mass is 19.1. The van der Waals surface area contributed by atoms with E-state index < -0.39 is 0 Å². The summed E-state index contributed by atoms with van der Waals surface area (Å²) in [4.78, 5) is 20.9. The van der Waals surface area contributed by atoms with Gasteiger partial charge in [0, 0.05) is 37.4 Å². The Bertz CT molecular complexity index is 617. The van der Waals surface area contributed by atoms with E-state index in [2.05, 4.69) is 22.1 Å². The summed E-state index contributed by atoms with van der Waals surface area (Å²) in [7, 11) is 0. The number of pyridine rings is 1. The van der Waals surface area contributed by atoms with Crippen molar-refractivity contribution in [3.63, 3.8) is 0 Å². The van der Waals surface area contributed by atoms with Gasteiger partial charge < -0.3 is 15.1 Å². The van der Waals surface area contributed by atoms with E-state index in [9.17, 15) is 9.18 Å². The molecule has 0 bridgehead atoms. The molecule has 0 unspecified atom stereocenters. The van der Waals surface area contributed by atoms with E-state index >= 15 is 0 Å². The summed E-state index contributed by atoms with van der Waals surface area (Å²) < 4.78 is 13.9. The monoisotopic (exact) mass is 332 g/mol. The lowest BCUT2D eigenvalue weighted by Crippen LogP contribution is -2.50. The predicted octanol–water partition coefficient (Wildman–Crippen LogP) is 2.77. The summed E-state index contributed by atoms with van der Waals surface area (Å²) in [6.45, 7) is 3.52. The largest absolute Gasteiger partial charge is 0.352 e. The molecular formula is C18H25FN4O. The Morgan fingerprint density at radius 2 is 2.17 bits per heavy atom. The molecule has 2 atom stereocenters. The third kappa shape index (κ3) is 3.19. The Morgan fingerprint density at radius 1 is 1.38 bits per heavy atom. The molecule has 1 N–H and O–H groups in total. The molecule has 2 amide bonds. The summed E-state index contributed by atoms with van der Waals surface area (Å²) in [6.07, 6.45) is 7.18. The summed E-state index contributed by atoms with van der Waals surface area (Å²) in [5.74, 6) is 0.769. The topological polar surface area (TPSA) is 48.5 Å². The summed E-state index contributed by atoms with van der Waals surface area (Å²) in [5, 5.41) is 3.18. The Morgan fingerprint density at radius 3 is 2.83 bits per heavy atom. The molecule has 0 radical (unpaired) electrons. The molecular weight excluding hydrogens is 307 g/mol. The number of carbonyl (C=O) groups excluding carboxylic acids is 1. The van der Waals surface area contributed by atoms with E-state index in [1.807, 2.05) is 4.90 Å². The lowest BCUT2D eigenvalue weighted by molar-refractivity contribution is 0.164. The lowest BCUT2D eigenvalue weighted by Gasteiger charge is -2.31. The van der Waals surface area contributed by atoms with Gasteiger partial charge >= 0.3 is 6.03 Å². The van der Waals surface area contributed by atoms with E-state index in [0.29, 0.717) is 30.4 Å². The maximum absolute atomic E-state index is 13.9. The SMILES string of the molecule is C[C@H](C1CC1)N(C(=O)N[C@H]1CCN(c2ncccc2F)C1)C1CC1. The highest BCUT2D eigenvalue weighted by Crippen LogP contribution is 2.39. The minimum Gasteiger partial charge on any atom is -0.352 e. The molecule has 6 heteroatoms. The van der Waals surface area contributed by atoms with Gasteiger partial charge in [-0.15, -0.1) is 0 Å². The van der Waals surface area contributed by atoms with Gasteiger partial charge in [-0.3, -0.25) is 0 Å². The van der Waals surface area contributed by atoms with Crippen LogP contribution in [-0.2, 0) is 0 Å². The molecule has 3 fully saturated rings. The number of urea groups is 1. The van der Waals surface area contributed by atoms with Crippen LogP contribution in [0.2, 0.25) is 0 Å². The van der Waals surface area contributed by atoms with Crippen LogP contribution in [0.3, 0.4) is 0 Å². The van der Waals surface area contributed by atoms with Crippen molar-refractivity contribution in [3.05, 3.63) is 24.1 Å². The standard InChI is InChI=1S/C18H25FN4O/c1-12(13-4-5-13)23(15-6-7-15)18(24)21-14-8-10-22(11-14)17-16(19)3-2-9-20-17/h2-3,9,12-15H,4-8,10-11H2,1H3,(H,21,24)/t12-,14+/m1/s1. The number of carbonyl (C=O) groups is 1. The maximum atomic E-state index is 13.9. The first kappa shape index (κ1) is 15.7. The maximum Gasteiger partial charge on any atom is 0.318 e. The summed E-state index contributed by atoms with van der Waals surface area (Å²) in [6, 6.07) is 3.91. The molecule has 3 aliphatic rings. The zero-order valence-electron chi connectivity index (χ0n) is 14.1. The Labute approximate surface area is 142 Å². The van der Waals surface area contributed by atoms with Crippen LogP contribution in [0.15, 0.2) is 18.3 Å². The lowest BCUT2D eigenvalue weighted by atomic mass is 10.2. The Kier molecular flexibility index (Phi) is 4.06. The average molecular weight is 332 g/mol. The summed E-state index contributed by atoms with van der Waals surface area (Å²) in [5.41, 5.74) is 0. The molecule has 0 aromatic carbocycles. The first-order valence-corrected chi connectivity index (χ1v) is 9.08. The number of amides is 2. The fourth-order valence-electron chi connectivity index (χ4n) is 3.77. The molecule has 130 valence electrons. The minimum absolute atomic E-state index is 0.0604. The quantitative estimate of drug-likeness (QED) is 0.902. The minimum atomic E-state index is -0.300. The smallest absolute Gasteiger partial charge is 0.318 e. The van der Waals surface area contributed by atoms with Crippen molar-refractivity contribution in [2.45, 2.75) is 57.2 Å². The van der Waals surface area contributed by atoms with Crippen molar-refractivity contribution >= 4 is 11.8 Å². The van der Waals surface area contributed by atoms with Gasteiger partial charge in [-0.2, -0.15) is 0 Å². The second-order valence-corrected chi connectivity index (χ2v) is 7.41. The predicted molar refractivity (Wildman–Crippen MR) is 90.4 cm³/mol. The van der Waals surface area contributed by atoms with E-state index in [4.69, 9.17) is 0 Å². The third-order valence-corrected chi connectivity index (χ3v) is 5.47. The van der Waals surface area contributed by atoms with Gasteiger partial charge in [0.2, 0.25) is 0 Å². The van der Waals surface area contributed by atoms with Crippen molar-refractivity contribution < 1.29 is 9.18 Å². The number of hydrogen-bond donors (Lipinski definition) is 1. The Hall–Kier alpha value is -1.85. The zero-order chi connectivity index (χ0) is 16.7. The molecule has 0 spiro atoms. The van der Waals surface area contributed by atoms with Crippen LogP contribution < -0.4 is 10.2 Å². The molecule has 2 saturated carbocycles. The van der Waals surface area contributed by atoms with E-state index in [1.54, 1.807) is 12.3 Å². The van der Waals surface area contributed by atoms with Crippen LogP contribution in [-0.4, -0.2) is 47.1 Å². The van der Waals surface area contributed by atoms with Crippen LogP contribution in [0.4, 0.5) is 15.0 Å². The van der Waals surface area contributed by atoms with Crippen molar-refractivity contribution in [1.29, 1.82) is 0 Å². The molecule has 5 nitrogen and oxygen atoms in total. The van der Waals surface area contributed by atoms with Gasteiger partial charge in [-0.1, -0.05) is 0 Å². The van der Waals surface area contributed by atoms with Crippen LogP contribution >= 0.6 is 0 Å². The molecule has 2 heterocycles. The zero-order valence-corrected chi connectivity index (χ0v) is 14.1. The van der Waals surface area contributed by atoms with Crippen LogP contribution in [0.5, 0.6) is 0 Å². The van der Waals surface area contributed by atoms with Gasteiger partial charge in [-0.05, 0) is 57.1 Å². The number of anilines is 1. The molecule has 24 heavy (non-hydrogen) atoms. The highest BCUT2D eigenvalue weighted by Gasteiger charge is 2.42. The first-order chi connectivity index (χ1) is 11.6. The van der Waals surface area contributed by atoms with Crippen molar-refractivity contribution in [2.75, 3.05) is 18.0 Å². The molecule has 2 aliphatic carbocycles. The van der Waals surface area contributed by atoms with Crippen LogP contribution in [0.25, 0.3) is 0 Å². The van der Waals surface area contributed by atoms with Gasteiger partial charge in [0.1, 0.15) is 0 Å². The number of nitrogens with zero attached hydrogens (tertiary/aromatic N) is 3. The first-order valence-electron chi connectivity index (χ1n) is 9.08. The number of aromatic nitrogens is 1. The molecule has 1 aromatic rings. The van der Waals surface area contributed by atoms with Crippen molar-refractivity contribution in [3.8, 4) is 0 Å². The average Bonchev–Trinajstić information content (AvgIpc) is 3.47. The van der Waals surface area contributed by atoms with Gasteiger partial charge in [0.15, 0.2) is 11.6 Å². The van der Waals surface area contributed by atoms with Gasteiger partial charge in [-0.25, -0.2) is 14.2 Å². The number of halogens is 1. The number of nitrogens with one attached hydrogen (secondary N) is 1. The fourth-order valence-corrected chi connectivity index (χ4v) is 3.77. The molecule has 1 aliphatic heterocycles. The Balaban J connectivity index is 1.37. The van der Waals surface area contributed by atoms with Crippen molar-refractivity contribution in [1.82, 2.24) is 15.2 Å². The van der Waals surface area contributed by atoms with E-state index in [0.717, 1.165) is 25.8 Å². The van der Waals surface area contributed by atoms with Crippen molar-refractivity contribution in [2.24, 2.45) is 5.92 Å². The second-order valence-electron chi connectivity index (χ2n) is 7.41. The molecule has 4 rings (SSSR count). The summed E-state index contributed by atoms with van der Waals surface area (Å²) >= 11 is 0. The number of hydrogen-bond acceptors (Lipinski definition) is 3. The van der Waals surface area contributed by atoms with E-state index in [1.165, 1.54) is 18.9 Å². The van der Waals surface area contributed by atoms with Crippen LogP contribution in [0, 0.1) is 11.7 Å². The second kappa shape index (κ2) is 6.22. The highest BCUT2D eigenvalue weighted by molar-refractivity contribution is 5.76. The fraction of sp³-hybridized carbons (Fsp3) is 0.667. The van der Waals surface area contributed by atoms with Gasteiger partial charge in [0.05, 0.1) is 0 Å². The van der Waals surface area contributed by atoms with Gasteiger partial charge in [0.25, 0.3) is 0 Å². The molecule has 1 aromatic heterocycles. The van der Waals surface area contributed by atoms with Crippen LogP contribution in [0.1, 0.15) is 39.0 Å². The molecule has 1 saturated heterocycles.